The first-order valence-corrected chi connectivity index (χ1v) is 8.70. The molecule has 2 amide bonds. The van der Waals surface area contributed by atoms with E-state index in [1.54, 1.807) is 4.90 Å². The summed E-state index contributed by atoms with van der Waals surface area (Å²) in [7, 11) is 0. The number of benzene rings is 1. The molecular weight excluding hydrogens is 333 g/mol. The molecule has 24 heavy (non-hydrogen) atoms. The zero-order valence-electron chi connectivity index (χ0n) is 13.4. The van der Waals surface area contributed by atoms with E-state index < -0.39 is 5.82 Å². The van der Waals surface area contributed by atoms with Gasteiger partial charge in [-0.25, -0.2) is 4.39 Å². The Morgan fingerprint density at radius 2 is 1.83 bits per heavy atom. The number of hydrogen-bond donors (Lipinski definition) is 1. The smallest absolute Gasteiger partial charge is 0.255 e. The summed E-state index contributed by atoms with van der Waals surface area (Å²) < 4.78 is 13.1. The van der Waals surface area contributed by atoms with E-state index in [0.29, 0.717) is 31.7 Å². The molecule has 130 valence electrons. The molecule has 0 saturated carbocycles. The van der Waals surface area contributed by atoms with E-state index in [9.17, 15) is 14.0 Å². The van der Waals surface area contributed by atoms with Gasteiger partial charge in [-0.05, 0) is 37.6 Å². The van der Waals surface area contributed by atoms with Crippen LogP contribution in [0.4, 0.5) is 4.39 Å². The fraction of sp³-hybridized carbons (Fsp3) is 0.529. The summed E-state index contributed by atoms with van der Waals surface area (Å²) in [5.41, 5.74) is 0.298. The highest BCUT2D eigenvalue weighted by atomic mass is 35.5. The van der Waals surface area contributed by atoms with Gasteiger partial charge in [-0.1, -0.05) is 18.0 Å². The number of piperidine rings is 1. The predicted molar refractivity (Wildman–Crippen MR) is 89.5 cm³/mol. The molecule has 0 aromatic heterocycles. The van der Waals surface area contributed by atoms with Crippen LogP contribution in [-0.2, 0) is 4.79 Å². The maximum atomic E-state index is 13.1. The average Bonchev–Trinajstić information content (AvgIpc) is 2.61. The molecule has 0 radical (unpaired) electrons. The molecule has 7 heteroatoms. The summed E-state index contributed by atoms with van der Waals surface area (Å²) >= 11 is 5.96. The third-order valence-corrected chi connectivity index (χ3v) is 4.96. The van der Waals surface area contributed by atoms with Gasteiger partial charge in [0.1, 0.15) is 5.82 Å². The molecule has 2 saturated heterocycles. The number of piperazine rings is 1. The van der Waals surface area contributed by atoms with E-state index in [0.717, 1.165) is 31.9 Å². The lowest BCUT2D eigenvalue weighted by Crippen LogP contribution is -2.55. The average molecular weight is 354 g/mol. The summed E-state index contributed by atoms with van der Waals surface area (Å²) in [4.78, 5) is 28.5. The van der Waals surface area contributed by atoms with Crippen LogP contribution in [0.1, 0.15) is 29.6 Å². The van der Waals surface area contributed by atoms with Gasteiger partial charge in [0.25, 0.3) is 5.91 Å². The van der Waals surface area contributed by atoms with Gasteiger partial charge < -0.3 is 15.1 Å². The zero-order valence-corrected chi connectivity index (χ0v) is 14.2. The second-order valence-electron chi connectivity index (χ2n) is 6.24. The van der Waals surface area contributed by atoms with Gasteiger partial charge in [0.15, 0.2) is 0 Å². The maximum absolute atomic E-state index is 13.1. The van der Waals surface area contributed by atoms with Crippen LogP contribution in [-0.4, -0.2) is 60.4 Å². The molecule has 2 aliphatic rings. The molecule has 1 aromatic carbocycles. The Morgan fingerprint density at radius 1 is 1.12 bits per heavy atom. The Bertz CT molecular complexity index is 626. The largest absolute Gasteiger partial charge is 0.338 e. The standard InChI is InChI=1S/C17H21ClFN3O2/c18-14-11-12(19)4-5-13(14)16(23)21-7-9-22(10-8-21)17(24)15-3-1-2-6-20-15/h4-5,11,15,20H,1-3,6-10H2. The first-order valence-electron chi connectivity index (χ1n) is 8.33. The lowest BCUT2D eigenvalue weighted by Gasteiger charge is -2.37. The molecule has 0 spiro atoms. The van der Waals surface area contributed by atoms with E-state index >= 15 is 0 Å². The zero-order chi connectivity index (χ0) is 17.1. The Labute approximate surface area is 145 Å². The summed E-state index contributed by atoms with van der Waals surface area (Å²) in [6.07, 6.45) is 3.07. The fourth-order valence-corrected chi connectivity index (χ4v) is 3.49. The van der Waals surface area contributed by atoms with Crippen molar-refractivity contribution in [2.24, 2.45) is 0 Å². The quantitative estimate of drug-likeness (QED) is 0.883. The highest BCUT2D eigenvalue weighted by molar-refractivity contribution is 6.33. The predicted octanol–water partition coefficient (Wildman–Crippen LogP) is 1.91. The first-order chi connectivity index (χ1) is 11.6. The van der Waals surface area contributed by atoms with Crippen molar-refractivity contribution in [1.82, 2.24) is 15.1 Å². The molecular formula is C17H21ClFN3O2. The molecule has 2 heterocycles. The highest BCUT2D eigenvalue weighted by Crippen LogP contribution is 2.20. The van der Waals surface area contributed by atoms with Crippen LogP contribution >= 0.6 is 11.6 Å². The van der Waals surface area contributed by atoms with Crippen LogP contribution in [0.25, 0.3) is 0 Å². The van der Waals surface area contributed by atoms with Crippen LogP contribution < -0.4 is 5.32 Å². The Balaban J connectivity index is 1.58. The van der Waals surface area contributed by atoms with Crippen molar-refractivity contribution in [2.45, 2.75) is 25.3 Å². The van der Waals surface area contributed by atoms with E-state index in [-0.39, 0.29) is 22.9 Å². The molecule has 2 aliphatic heterocycles. The SMILES string of the molecule is O=C(c1ccc(F)cc1Cl)N1CCN(C(=O)C2CCCCN2)CC1. The topological polar surface area (TPSA) is 52.7 Å². The van der Waals surface area contributed by atoms with Gasteiger partial charge in [0, 0.05) is 26.2 Å². The molecule has 0 bridgehead atoms. The van der Waals surface area contributed by atoms with E-state index in [1.807, 2.05) is 4.90 Å². The third-order valence-electron chi connectivity index (χ3n) is 4.65. The van der Waals surface area contributed by atoms with Gasteiger partial charge >= 0.3 is 0 Å². The Kier molecular flexibility index (Phi) is 5.36. The van der Waals surface area contributed by atoms with Crippen molar-refractivity contribution in [3.05, 3.63) is 34.6 Å². The number of hydrogen-bond acceptors (Lipinski definition) is 3. The lowest BCUT2D eigenvalue weighted by atomic mass is 10.0. The van der Waals surface area contributed by atoms with Crippen molar-refractivity contribution >= 4 is 23.4 Å². The molecule has 1 N–H and O–H groups in total. The van der Waals surface area contributed by atoms with E-state index in [4.69, 9.17) is 11.6 Å². The van der Waals surface area contributed by atoms with E-state index in [1.165, 1.54) is 12.1 Å². The maximum Gasteiger partial charge on any atom is 0.255 e. The monoisotopic (exact) mass is 353 g/mol. The van der Waals surface area contributed by atoms with Gasteiger partial charge in [-0.3, -0.25) is 9.59 Å². The molecule has 3 rings (SSSR count). The molecule has 2 fully saturated rings. The van der Waals surface area contributed by atoms with Crippen molar-refractivity contribution in [3.8, 4) is 0 Å². The lowest BCUT2D eigenvalue weighted by molar-refractivity contribution is -0.135. The number of rotatable bonds is 2. The van der Waals surface area contributed by atoms with Crippen LogP contribution in [0.3, 0.4) is 0 Å². The molecule has 5 nitrogen and oxygen atoms in total. The van der Waals surface area contributed by atoms with Crippen molar-refractivity contribution in [3.63, 3.8) is 0 Å². The summed E-state index contributed by atoms with van der Waals surface area (Å²) in [5.74, 6) is -0.559. The summed E-state index contributed by atoms with van der Waals surface area (Å²) in [6.45, 7) is 2.84. The molecule has 1 atom stereocenters. The first kappa shape index (κ1) is 17.2. The van der Waals surface area contributed by atoms with Crippen LogP contribution in [0.5, 0.6) is 0 Å². The molecule has 1 unspecified atom stereocenters. The Morgan fingerprint density at radius 3 is 2.46 bits per heavy atom. The van der Waals surface area contributed by atoms with Crippen molar-refractivity contribution < 1.29 is 14.0 Å². The molecule has 0 aliphatic carbocycles. The minimum Gasteiger partial charge on any atom is -0.338 e. The van der Waals surface area contributed by atoms with Gasteiger partial charge in [0.05, 0.1) is 16.6 Å². The number of nitrogens with one attached hydrogen (secondary N) is 1. The third kappa shape index (κ3) is 3.70. The van der Waals surface area contributed by atoms with E-state index in [2.05, 4.69) is 5.32 Å². The number of carbonyl (C=O) groups is 2. The second-order valence-corrected chi connectivity index (χ2v) is 6.65. The van der Waals surface area contributed by atoms with Gasteiger partial charge in [-0.15, -0.1) is 0 Å². The normalized spacial score (nSPS) is 21.7. The van der Waals surface area contributed by atoms with Crippen molar-refractivity contribution in [2.75, 3.05) is 32.7 Å². The number of nitrogens with zero attached hydrogens (tertiary/aromatic N) is 2. The number of halogens is 2. The minimum absolute atomic E-state index is 0.0902. The number of carbonyl (C=O) groups excluding carboxylic acids is 2. The number of amides is 2. The van der Waals surface area contributed by atoms with Gasteiger partial charge in [0.2, 0.25) is 5.91 Å². The van der Waals surface area contributed by atoms with Crippen LogP contribution in [0, 0.1) is 5.82 Å². The van der Waals surface area contributed by atoms with Crippen LogP contribution in [0.15, 0.2) is 18.2 Å². The van der Waals surface area contributed by atoms with Crippen LogP contribution in [0.2, 0.25) is 5.02 Å². The highest BCUT2D eigenvalue weighted by Gasteiger charge is 2.30. The Hall–Kier alpha value is -1.66. The summed E-state index contributed by atoms with van der Waals surface area (Å²) in [6, 6.07) is 3.69. The molecule has 1 aromatic rings. The second kappa shape index (κ2) is 7.49. The minimum atomic E-state index is -0.466. The fourth-order valence-electron chi connectivity index (χ4n) is 3.25. The van der Waals surface area contributed by atoms with Crippen molar-refractivity contribution in [1.29, 1.82) is 0 Å². The van der Waals surface area contributed by atoms with Gasteiger partial charge in [-0.2, -0.15) is 0 Å². The summed E-state index contributed by atoms with van der Waals surface area (Å²) in [5, 5.41) is 3.38.